The SMILES string of the molecule is O=C(O)c1ccc2c(c1)[C@H](NC(=O)c1c(Cl)cccc1C(F)(F)F)CC2. The monoisotopic (exact) mass is 383 g/mol. The smallest absolute Gasteiger partial charge is 0.417 e. The first-order valence-corrected chi connectivity index (χ1v) is 8.09. The zero-order valence-electron chi connectivity index (χ0n) is 13.2. The summed E-state index contributed by atoms with van der Waals surface area (Å²) in [6, 6.07) is 7.12. The van der Waals surface area contributed by atoms with Crippen molar-refractivity contribution in [3.8, 4) is 0 Å². The van der Waals surface area contributed by atoms with Crippen LogP contribution in [-0.4, -0.2) is 17.0 Å². The summed E-state index contributed by atoms with van der Waals surface area (Å²) in [4.78, 5) is 23.6. The average molecular weight is 384 g/mol. The molecule has 8 heteroatoms. The first-order valence-electron chi connectivity index (χ1n) is 7.71. The van der Waals surface area contributed by atoms with Crippen LogP contribution in [0.25, 0.3) is 0 Å². The van der Waals surface area contributed by atoms with Gasteiger partial charge in [-0.25, -0.2) is 4.79 Å². The van der Waals surface area contributed by atoms with Gasteiger partial charge >= 0.3 is 12.1 Å². The Hall–Kier alpha value is -2.54. The zero-order chi connectivity index (χ0) is 19.1. The van der Waals surface area contributed by atoms with E-state index in [2.05, 4.69) is 5.32 Å². The Labute approximate surface area is 151 Å². The molecule has 0 heterocycles. The molecule has 0 fully saturated rings. The molecule has 26 heavy (non-hydrogen) atoms. The quantitative estimate of drug-likeness (QED) is 0.821. The maximum absolute atomic E-state index is 13.2. The number of carboxylic acid groups (broad SMARTS) is 1. The standard InChI is InChI=1S/C18H13ClF3NO3/c19-13-3-1-2-12(18(20,21)22)15(13)16(24)23-14-7-6-9-4-5-10(17(25)26)8-11(9)14/h1-5,8,14H,6-7H2,(H,23,24)(H,25,26)/t14-/m1/s1. The fourth-order valence-corrected chi connectivity index (χ4v) is 3.37. The second kappa shape index (κ2) is 6.64. The van der Waals surface area contributed by atoms with Crippen LogP contribution in [0, 0.1) is 0 Å². The minimum absolute atomic E-state index is 0.0543. The van der Waals surface area contributed by atoms with E-state index in [1.807, 2.05) is 0 Å². The van der Waals surface area contributed by atoms with E-state index in [-0.39, 0.29) is 10.6 Å². The number of rotatable bonds is 3. The highest BCUT2D eigenvalue weighted by molar-refractivity contribution is 6.34. The zero-order valence-corrected chi connectivity index (χ0v) is 14.0. The lowest BCUT2D eigenvalue weighted by atomic mass is 10.0. The molecule has 2 aromatic carbocycles. The van der Waals surface area contributed by atoms with Crippen molar-refractivity contribution < 1.29 is 27.9 Å². The van der Waals surface area contributed by atoms with Crippen molar-refractivity contribution in [3.63, 3.8) is 0 Å². The van der Waals surface area contributed by atoms with E-state index >= 15 is 0 Å². The van der Waals surface area contributed by atoms with Crippen molar-refractivity contribution in [2.24, 2.45) is 0 Å². The van der Waals surface area contributed by atoms with Gasteiger partial charge in [0.25, 0.3) is 5.91 Å². The van der Waals surface area contributed by atoms with Gasteiger partial charge in [-0.1, -0.05) is 23.7 Å². The molecule has 0 saturated carbocycles. The second-order valence-corrected chi connectivity index (χ2v) is 6.35. The Morgan fingerprint density at radius 2 is 1.92 bits per heavy atom. The van der Waals surface area contributed by atoms with Gasteiger partial charge in [0.1, 0.15) is 0 Å². The number of halogens is 4. The van der Waals surface area contributed by atoms with E-state index < -0.39 is 35.2 Å². The van der Waals surface area contributed by atoms with Gasteiger partial charge < -0.3 is 10.4 Å². The third kappa shape index (κ3) is 3.39. The third-order valence-electron chi connectivity index (χ3n) is 4.32. The van der Waals surface area contributed by atoms with E-state index in [4.69, 9.17) is 16.7 Å². The van der Waals surface area contributed by atoms with Gasteiger partial charge in [0.05, 0.1) is 27.8 Å². The summed E-state index contributed by atoms with van der Waals surface area (Å²) < 4.78 is 39.5. The highest BCUT2D eigenvalue weighted by Gasteiger charge is 2.37. The van der Waals surface area contributed by atoms with Gasteiger partial charge in [-0.05, 0) is 48.2 Å². The summed E-state index contributed by atoms with van der Waals surface area (Å²) >= 11 is 5.84. The molecule has 1 aliphatic carbocycles. The number of benzene rings is 2. The van der Waals surface area contributed by atoms with E-state index in [0.717, 1.165) is 17.7 Å². The molecule has 0 bridgehead atoms. The molecule has 2 N–H and O–H groups in total. The summed E-state index contributed by atoms with van der Waals surface area (Å²) in [6.07, 6.45) is -3.66. The van der Waals surface area contributed by atoms with Crippen molar-refractivity contribution in [1.82, 2.24) is 5.32 Å². The van der Waals surface area contributed by atoms with Crippen molar-refractivity contribution in [3.05, 3.63) is 69.2 Å². The fraction of sp³-hybridized carbons (Fsp3) is 0.222. The topological polar surface area (TPSA) is 66.4 Å². The van der Waals surface area contributed by atoms with Crippen LogP contribution in [0.15, 0.2) is 36.4 Å². The van der Waals surface area contributed by atoms with Gasteiger partial charge in [0.2, 0.25) is 0 Å². The summed E-state index contributed by atoms with van der Waals surface area (Å²) in [5.41, 5.74) is -0.238. The van der Waals surface area contributed by atoms with Crippen molar-refractivity contribution in [1.29, 1.82) is 0 Å². The normalized spacial score (nSPS) is 16.2. The molecule has 2 aromatic rings. The molecule has 0 unspecified atom stereocenters. The van der Waals surface area contributed by atoms with Crippen LogP contribution in [0.5, 0.6) is 0 Å². The molecule has 0 aromatic heterocycles. The molecule has 1 atom stereocenters. The van der Waals surface area contributed by atoms with Crippen molar-refractivity contribution in [2.75, 3.05) is 0 Å². The lowest BCUT2D eigenvalue weighted by Crippen LogP contribution is -2.29. The third-order valence-corrected chi connectivity index (χ3v) is 4.64. The Morgan fingerprint density at radius 1 is 1.19 bits per heavy atom. The predicted octanol–water partition coefficient (Wildman–Crippen LogP) is 4.47. The number of carboxylic acids is 1. The van der Waals surface area contributed by atoms with Gasteiger partial charge in [-0.15, -0.1) is 0 Å². The summed E-state index contributed by atoms with van der Waals surface area (Å²) in [5.74, 6) is -2.06. The average Bonchev–Trinajstić information content (AvgIpc) is 2.95. The molecule has 4 nitrogen and oxygen atoms in total. The highest BCUT2D eigenvalue weighted by atomic mass is 35.5. The molecule has 0 aliphatic heterocycles. The molecular weight excluding hydrogens is 371 g/mol. The Kier molecular flexibility index (Phi) is 4.66. The molecule has 0 spiro atoms. The van der Waals surface area contributed by atoms with Gasteiger partial charge in [-0.3, -0.25) is 4.79 Å². The van der Waals surface area contributed by atoms with E-state index in [9.17, 15) is 22.8 Å². The Bertz CT molecular complexity index is 896. The molecule has 1 amide bonds. The Morgan fingerprint density at radius 3 is 2.58 bits per heavy atom. The van der Waals surface area contributed by atoms with Crippen LogP contribution in [0.3, 0.4) is 0 Å². The number of carbonyl (C=O) groups excluding carboxylic acids is 1. The van der Waals surface area contributed by atoms with Crippen LogP contribution in [0.2, 0.25) is 5.02 Å². The minimum Gasteiger partial charge on any atom is -0.478 e. The van der Waals surface area contributed by atoms with Gasteiger partial charge in [0.15, 0.2) is 0 Å². The summed E-state index contributed by atoms with van der Waals surface area (Å²) in [6.45, 7) is 0. The van der Waals surface area contributed by atoms with Crippen LogP contribution in [-0.2, 0) is 12.6 Å². The van der Waals surface area contributed by atoms with Crippen LogP contribution in [0.4, 0.5) is 13.2 Å². The van der Waals surface area contributed by atoms with Gasteiger partial charge in [0, 0.05) is 0 Å². The molecule has 1 aliphatic rings. The van der Waals surface area contributed by atoms with Crippen molar-refractivity contribution in [2.45, 2.75) is 25.1 Å². The maximum Gasteiger partial charge on any atom is 0.417 e. The molecule has 136 valence electrons. The number of fused-ring (bicyclic) bond motifs is 1. The van der Waals surface area contributed by atoms with Crippen LogP contribution < -0.4 is 5.32 Å². The summed E-state index contributed by atoms with van der Waals surface area (Å²) in [7, 11) is 0. The number of nitrogens with one attached hydrogen (secondary N) is 1. The number of hydrogen-bond acceptors (Lipinski definition) is 2. The van der Waals surface area contributed by atoms with E-state index in [1.165, 1.54) is 18.2 Å². The minimum atomic E-state index is -4.72. The number of alkyl halides is 3. The lowest BCUT2D eigenvalue weighted by molar-refractivity contribution is -0.137. The van der Waals surface area contributed by atoms with E-state index in [0.29, 0.717) is 18.4 Å². The highest BCUT2D eigenvalue weighted by Crippen LogP contribution is 2.36. The number of aryl methyl sites for hydroxylation is 1. The first-order chi connectivity index (χ1) is 12.2. The van der Waals surface area contributed by atoms with Crippen LogP contribution >= 0.6 is 11.6 Å². The van der Waals surface area contributed by atoms with Crippen molar-refractivity contribution >= 4 is 23.5 Å². The molecule has 0 radical (unpaired) electrons. The number of aromatic carboxylic acids is 1. The fourth-order valence-electron chi connectivity index (χ4n) is 3.11. The molecular formula is C18H13ClF3NO3. The predicted molar refractivity (Wildman–Crippen MR) is 88.4 cm³/mol. The number of hydrogen-bond donors (Lipinski definition) is 2. The van der Waals surface area contributed by atoms with E-state index in [1.54, 1.807) is 6.07 Å². The largest absolute Gasteiger partial charge is 0.478 e. The number of carbonyl (C=O) groups is 2. The second-order valence-electron chi connectivity index (χ2n) is 5.94. The maximum atomic E-state index is 13.2. The molecule has 3 rings (SSSR count). The van der Waals surface area contributed by atoms with Gasteiger partial charge in [-0.2, -0.15) is 13.2 Å². The van der Waals surface area contributed by atoms with Crippen LogP contribution in [0.1, 0.15) is 49.9 Å². The Balaban J connectivity index is 1.93. The summed E-state index contributed by atoms with van der Waals surface area (Å²) in [5, 5.41) is 11.4. The first kappa shape index (κ1) is 18.3. The number of amides is 1. The molecule has 0 saturated heterocycles. The lowest BCUT2D eigenvalue weighted by Gasteiger charge is -2.18.